The molecular formula is C21H25N3O3S. The van der Waals surface area contributed by atoms with Crippen molar-refractivity contribution in [3.05, 3.63) is 24.3 Å². The smallest absolute Gasteiger partial charge is 0.257 e. The molecule has 3 fully saturated rings. The van der Waals surface area contributed by atoms with E-state index in [-0.39, 0.29) is 35.6 Å². The Morgan fingerprint density at radius 3 is 3.00 bits per heavy atom. The molecule has 148 valence electrons. The van der Waals surface area contributed by atoms with Crippen molar-refractivity contribution in [1.82, 2.24) is 15.6 Å². The number of oxazole rings is 1. The zero-order valence-corrected chi connectivity index (χ0v) is 16.5. The van der Waals surface area contributed by atoms with Crippen LogP contribution in [0.1, 0.15) is 38.5 Å². The van der Waals surface area contributed by atoms with Crippen molar-refractivity contribution in [1.29, 1.82) is 0 Å². The Bertz CT molecular complexity index is 865. The lowest BCUT2D eigenvalue weighted by Gasteiger charge is -2.45. The molecule has 28 heavy (non-hydrogen) atoms. The average Bonchev–Trinajstić information content (AvgIpc) is 3.33. The van der Waals surface area contributed by atoms with E-state index in [1.54, 1.807) is 0 Å². The van der Waals surface area contributed by atoms with Crippen LogP contribution in [0.3, 0.4) is 0 Å². The van der Waals surface area contributed by atoms with Crippen LogP contribution in [0, 0.1) is 17.8 Å². The number of hydrogen-bond donors (Lipinski definition) is 2. The van der Waals surface area contributed by atoms with E-state index in [0.29, 0.717) is 17.1 Å². The van der Waals surface area contributed by atoms with E-state index < -0.39 is 0 Å². The van der Waals surface area contributed by atoms with Gasteiger partial charge in [-0.05, 0) is 56.1 Å². The van der Waals surface area contributed by atoms with Gasteiger partial charge in [0.2, 0.25) is 11.8 Å². The first-order chi connectivity index (χ1) is 13.7. The summed E-state index contributed by atoms with van der Waals surface area (Å²) in [4.78, 5) is 29.2. The maximum absolute atomic E-state index is 12.4. The number of amides is 2. The first kappa shape index (κ1) is 18.0. The summed E-state index contributed by atoms with van der Waals surface area (Å²) in [6.45, 7) is 0. The standard InChI is InChI=1S/C21H25N3O3S/c25-19(11-28-21-24-16-6-1-2-7-18(16)27-21)22-12-8-9-14-13-4-3-5-15(13)20(26)23-17(14)10-12/h1-2,6-7,12-15,17H,3-5,8-11H2,(H,22,25)(H,23,26). The van der Waals surface area contributed by atoms with Crippen molar-refractivity contribution in [3.8, 4) is 0 Å². The number of carbonyl (C=O) groups excluding carboxylic acids is 2. The molecule has 1 saturated heterocycles. The highest BCUT2D eigenvalue weighted by Gasteiger charge is 2.48. The molecule has 0 bridgehead atoms. The molecule has 5 rings (SSSR count). The van der Waals surface area contributed by atoms with Crippen LogP contribution >= 0.6 is 11.8 Å². The number of fused-ring (bicyclic) bond motifs is 4. The molecule has 6 nitrogen and oxygen atoms in total. The average molecular weight is 400 g/mol. The third kappa shape index (κ3) is 3.41. The van der Waals surface area contributed by atoms with E-state index in [2.05, 4.69) is 15.6 Å². The second-order valence-electron chi connectivity index (χ2n) is 8.29. The normalized spacial score (nSPS) is 31.9. The zero-order valence-electron chi connectivity index (χ0n) is 15.7. The summed E-state index contributed by atoms with van der Waals surface area (Å²) in [5, 5.41) is 6.92. The maximum Gasteiger partial charge on any atom is 0.257 e. The van der Waals surface area contributed by atoms with Gasteiger partial charge >= 0.3 is 0 Å². The van der Waals surface area contributed by atoms with Gasteiger partial charge in [-0.1, -0.05) is 30.3 Å². The summed E-state index contributed by atoms with van der Waals surface area (Å²) in [6.07, 6.45) is 6.36. The molecule has 7 heteroatoms. The highest BCUT2D eigenvalue weighted by molar-refractivity contribution is 7.99. The number of rotatable bonds is 4. The Morgan fingerprint density at radius 2 is 2.11 bits per heavy atom. The minimum Gasteiger partial charge on any atom is -0.431 e. The number of aromatic nitrogens is 1. The van der Waals surface area contributed by atoms with Crippen molar-refractivity contribution in [3.63, 3.8) is 0 Å². The van der Waals surface area contributed by atoms with Crippen LogP contribution < -0.4 is 10.6 Å². The van der Waals surface area contributed by atoms with Gasteiger partial charge in [0.15, 0.2) is 5.58 Å². The fourth-order valence-electron chi connectivity index (χ4n) is 5.43. The lowest BCUT2D eigenvalue weighted by atomic mass is 9.68. The molecule has 1 aromatic carbocycles. The monoisotopic (exact) mass is 399 g/mol. The van der Waals surface area contributed by atoms with Crippen LogP contribution in [0.2, 0.25) is 0 Å². The van der Waals surface area contributed by atoms with Gasteiger partial charge in [0.05, 0.1) is 5.75 Å². The van der Waals surface area contributed by atoms with Gasteiger partial charge in [-0.25, -0.2) is 4.98 Å². The van der Waals surface area contributed by atoms with Gasteiger partial charge in [0.1, 0.15) is 5.52 Å². The molecule has 2 heterocycles. The Hall–Kier alpha value is -2.02. The van der Waals surface area contributed by atoms with Crippen LogP contribution in [0.4, 0.5) is 0 Å². The molecule has 2 N–H and O–H groups in total. The summed E-state index contributed by atoms with van der Waals surface area (Å²) in [5.41, 5.74) is 1.55. The number of para-hydroxylation sites is 2. The zero-order chi connectivity index (χ0) is 19.1. The first-order valence-electron chi connectivity index (χ1n) is 10.3. The fourth-order valence-corrected chi connectivity index (χ4v) is 6.08. The van der Waals surface area contributed by atoms with E-state index in [9.17, 15) is 9.59 Å². The molecule has 2 aromatic rings. The van der Waals surface area contributed by atoms with Crippen molar-refractivity contribution in [2.24, 2.45) is 17.8 Å². The number of piperidine rings is 1. The molecule has 5 unspecified atom stereocenters. The Labute approximate surface area is 168 Å². The minimum atomic E-state index is -0.00316. The van der Waals surface area contributed by atoms with Gasteiger partial charge < -0.3 is 15.1 Å². The molecule has 2 amide bonds. The molecule has 0 spiro atoms. The second-order valence-corrected chi connectivity index (χ2v) is 9.22. The third-order valence-corrected chi connectivity index (χ3v) is 7.48. The van der Waals surface area contributed by atoms with E-state index in [4.69, 9.17) is 4.42 Å². The molecule has 3 aliphatic rings. The summed E-state index contributed by atoms with van der Waals surface area (Å²) in [7, 11) is 0. The van der Waals surface area contributed by atoms with E-state index in [1.165, 1.54) is 24.6 Å². The SMILES string of the molecule is O=C(CSc1nc2ccccc2o1)NC1CCC2C(C1)NC(=O)C1CCCC12. The van der Waals surface area contributed by atoms with Crippen LogP contribution in [0.15, 0.2) is 33.9 Å². The molecule has 0 radical (unpaired) electrons. The second kappa shape index (κ2) is 7.43. The molecule has 2 saturated carbocycles. The first-order valence-corrected chi connectivity index (χ1v) is 11.2. The number of thioether (sulfide) groups is 1. The number of hydrogen-bond acceptors (Lipinski definition) is 5. The molecular weight excluding hydrogens is 374 g/mol. The van der Waals surface area contributed by atoms with E-state index in [0.717, 1.165) is 36.8 Å². The predicted octanol–water partition coefficient (Wildman–Crippen LogP) is 3.12. The Balaban J connectivity index is 1.15. The van der Waals surface area contributed by atoms with Crippen LogP contribution in [0.25, 0.3) is 11.1 Å². The molecule has 1 aromatic heterocycles. The summed E-state index contributed by atoms with van der Waals surface area (Å²) < 4.78 is 5.66. The van der Waals surface area contributed by atoms with Crippen molar-refractivity contribution < 1.29 is 14.0 Å². The largest absolute Gasteiger partial charge is 0.431 e. The molecule has 5 atom stereocenters. The lowest BCUT2D eigenvalue weighted by Crippen LogP contribution is -2.57. The highest BCUT2D eigenvalue weighted by atomic mass is 32.2. The quantitative estimate of drug-likeness (QED) is 0.772. The number of benzene rings is 1. The topological polar surface area (TPSA) is 84.2 Å². The van der Waals surface area contributed by atoms with E-state index in [1.807, 2.05) is 24.3 Å². The lowest BCUT2D eigenvalue weighted by molar-refractivity contribution is -0.132. The van der Waals surface area contributed by atoms with Gasteiger partial charge in [-0.2, -0.15) is 0 Å². The Kier molecular flexibility index (Phi) is 4.78. The molecule has 1 aliphatic heterocycles. The van der Waals surface area contributed by atoms with E-state index >= 15 is 0 Å². The van der Waals surface area contributed by atoms with Crippen molar-refractivity contribution in [2.45, 2.75) is 55.8 Å². The van der Waals surface area contributed by atoms with Crippen LogP contribution in [-0.2, 0) is 9.59 Å². The summed E-state index contributed by atoms with van der Waals surface area (Å²) in [6, 6.07) is 7.95. The van der Waals surface area contributed by atoms with Crippen molar-refractivity contribution >= 4 is 34.7 Å². The molecule has 2 aliphatic carbocycles. The van der Waals surface area contributed by atoms with Crippen LogP contribution in [0.5, 0.6) is 0 Å². The Morgan fingerprint density at radius 1 is 1.21 bits per heavy atom. The number of nitrogens with one attached hydrogen (secondary N) is 2. The number of carbonyl (C=O) groups is 2. The number of nitrogens with zero attached hydrogens (tertiary/aromatic N) is 1. The van der Waals surface area contributed by atoms with Gasteiger partial charge in [-0.15, -0.1) is 0 Å². The summed E-state index contributed by atoms with van der Waals surface area (Å²) >= 11 is 1.32. The predicted molar refractivity (Wildman–Crippen MR) is 107 cm³/mol. The minimum absolute atomic E-state index is 0.00316. The third-order valence-electron chi connectivity index (χ3n) is 6.65. The van der Waals surface area contributed by atoms with Gasteiger partial charge in [0.25, 0.3) is 5.22 Å². The fraction of sp³-hybridized carbons (Fsp3) is 0.571. The highest BCUT2D eigenvalue weighted by Crippen LogP contribution is 2.46. The summed E-state index contributed by atoms with van der Waals surface area (Å²) in [5.74, 6) is 1.91. The van der Waals surface area contributed by atoms with Crippen molar-refractivity contribution in [2.75, 3.05) is 5.75 Å². The van der Waals surface area contributed by atoms with Gasteiger partial charge in [-0.3, -0.25) is 9.59 Å². The van der Waals surface area contributed by atoms with Gasteiger partial charge in [0, 0.05) is 18.0 Å². The van der Waals surface area contributed by atoms with Crippen LogP contribution in [-0.4, -0.2) is 34.6 Å². The maximum atomic E-state index is 12.4.